The number of nitrogens with zero attached hydrogens (tertiary/aromatic N) is 2. The minimum atomic E-state index is -0.716. The zero-order chi connectivity index (χ0) is 32.7. The number of nitrogens with two attached hydrogens (primary N) is 1. The molecule has 46 heavy (non-hydrogen) atoms. The molecule has 9 heteroatoms. The Balaban J connectivity index is 1.20. The van der Waals surface area contributed by atoms with Crippen LogP contribution in [0.1, 0.15) is 46.0 Å². The first kappa shape index (κ1) is 33.8. The predicted molar refractivity (Wildman–Crippen MR) is 181 cm³/mol. The van der Waals surface area contributed by atoms with E-state index in [4.69, 9.17) is 20.0 Å². The number of amides is 1. The molecule has 240 valence electrons. The maximum Gasteiger partial charge on any atom is 0.252 e. The number of aromatic hydroxyl groups is 2. The van der Waals surface area contributed by atoms with Crippen LogP contribution in [0.3, 0.4) is 0 Å². The standard InChI is InChI=1S/C37H41N3O6/c1-3-33(28-7-5-4-6-8-28)36(29-10-14-31(41)15-11-29)30-12-16-32(17-13-30)45-22-20-40(2)19-21-44-23-24-46-39-26-27-9-18-35(42)34(25-27)37(38)43/h4-18,25-26,41-42H,3,19-24H2,1-2H3,(H2,38,43)/b36-33+,39-26-. The van der Waals surface area contributed by atoms with E-state index in [0.29, 0.717) is 25.4 Å². The van der Waals surface area contributed by atoms with Crippen molar-refractivity contribution in [2.45, 2.75) is 13.3 Å². The molecule has 0 bridgehead atoms. The molecule has 4 N–H and O–H groups in total. The van der Waals surface area contributed by atoms with Crippen LogP contribution in [-0.4, -0.2) is 73.8 Å². The summed E-state index contributed by atoms with van der Waals surface area (Å²) in [7, 11) is 2.01. The molecule has 4 aromatic rings. The van der Waals surface area contributed by atoms with Gasteiger partial charge in [0.15, 0.2) is 0 Å². The summed E-state index contributed by atoms with van der Waals surface area (Å²) < 4.78 is 11.7. The summed E-state index contributed by atoms with van der Waals surface area (Å²) in [5.74, 6) is 0.147. The van der Waals surface area contributed by atoms with Gasteiger partial charge in [-0.15, -0.1) is 0 Å². The van der Waals surface area contributed by atoms with Gasteiger partial charge in [0, 0.05) is 13.1 Å². The van der Waals surface area contributed by atoms with Gasteiger partial charge in [-0.25, -0.2) is 0 Å². The fourth-order valence-corrected chi connectivity index (χ4v) is 4.86. The number of hydrogen-bond donors (Lipinski definition) is 3. The van der Waals surface area contributed by atoms with E-state index < -0.39 is 5.91 Å². The molecule has 0 spiro atoms. The molecule has 0 aliphatic carbocycles. The lowest BCUT2D eigenvalue weighted by Crippen LogP contribution is -2.28. The molecule has 0 heterocycles. The lowest BCUT2D eigenvalue weighted by Gasteiger charge is -2.18. The molecule has 0 aliphatic heterocycles. The third-order valence-corrected chi connectivity index (χ3v) is 7.32. The molecule has 1 amide bonds. The van der Waals surface area contributed by atoms with Crippen molar-refractivity contribution in [1.82, 2.24) is 4.90 Å². The Morgan fingerprint density at radius 3 is 2.17 bits per heavy atom. The fraction of sp³-hybridized carbons (Fsp3) is 0.243. The molecule has 4 rings (SSSR count). The van der Waals surface area contributed by atoms with E-state index in [-0.39, 0.29) is 23.7 Å². The zero-order valence-corrected chi connectivity index (χ0v) is 26.3. The van der Waals surface area contributed by atoms with Crippen molar-refractivity contribution in [2.24, 2.45) is 10.9 Å². The van der Waals surface area contributed by atoms with Gasteiger partial charge < -0.3 is 35.2 Å². The van der Waals surface area contributed by atoms with Gasteiger partial charge in [0.05, 0.1) is 25.0 Å². The van der Waals surface area contributed by atoms with Crippen LogP contribution in [0.5, 0.6) is 17.2 Å². The van der Waals surface area contributed by atoms with Crippen LogP contribution >= 0.6 is 0 Å². The number of hydrogen-bond acceptors (Lipinski definition) is 8. The van der Waals surface area contributed by atoms with Gasteiger partial charge in [-0.2, -0.15) is 0 Å². The highest BCUT2D eigenvalue weighted by molar-refractivity contribution is 5.99. The number of carbonyl (C=O) groups is 1. The average molecular weight is 624 g/mol. The third-order valence-electron chi connectivity index (χ3n) is 7.32. The number of rotatable bonds is 17. The molecule has 9 nitrogen and oxygen atoms in total. The maximum absolute atomic E-state index is 11.3. The van der Waals surface area contributed by atoms with Gasteiger partial charge in [0.25, 0.3) is 5.91 Å². The number of phenolic OH excluding ortho intramolecular Hbond substituents is 1. The summed E-state index contributed by atoms with van der Waals surface area (Å²) in [5, 5.41) is 23.4. The Bertz CT molecular complexity index is 1600. The normalized spacial score (nSPS) is 11.9. The van der Waals surface area contributed by atoms with Gasteiger partial charge in [-0.05, 0) is 89.3 Å². The van der Waals surface area contributed by atoms with Crippen LogP contribution in [0.4, 0.5) is 0 Å². The quantitative estimate of drug-likeness (QED) is 0.0575. The molecular weight excluding hydrogens is 582 g/mol. The van der Waals surface area contributed by atoms with Gasteiger partial charge in [-0.3, -0.25) is 4.79 Å². The monoisotopic (exact) mass is 623 g/mol. The molecular formula is C37H41N3O6. The average Bonchev–Trinajstić information content (AvgIpc) is 3.06. The lowest BCUT2D eigenvalue weighted by atomic mass is 9.88. The van der Waals surface area contributed by atoms with E-state index in [1.165, 1.54) is 29.5 Å². The Kier molecular flexibility index (Phi) is 12.8. The van der Waals surface area contributed by atoms with Crippen molar-refractivity contribution >= 4 is 23.3 Å². The summed E-state index contributed by atoms with van der Waals surface area (Å²) in [5.41, 5.74) is 11.5. The molecule has 0 aliphatic rings. The van der Waals surface area contributed by atoms with E-state index >= 15 is 0 Å². The topological polar surface area (TPSA) is 127 Å². The molecule has 4 aromatic carbocycles. The van der Waals surface area contributed by atoms with Gasteiger partial charge >= 0.3 is 0 Å². The molecule has 0 fully saturated rings. The highest BCUT2D eigenvalue weighted by atomic mass is 16.6. The van der Waals surface area contributed by atoms with Crippen molar-refractivity contribution in [3.8, 4) is 17.2 Å². The molecule has 0 unspecified atom stereocenters. The van der Waals surface area contributed by atoms with E-state index in [1.54, 1.807) is 18.2 Å². The van der Waals surface area contributed by atoms with Crippen molar-refractivity contribution in [3.05, 3.63) is 125 Å². The fourth-order valence-electron chi connectivity index (χ4n) is 4.86. The molecule has 0 saturated carbocycles. The Morgan fingerprint density at radius 2 is 1.50 bits per heavy atom. The summed E-state index contributed by atoms with van der Waals surface area (Å²) in [4.78, 5) is 18.7. The SMILES string of the molecule is CC/C(=C(/c1ccc(O)cc1)c1ccc(OCCN(C)CCOCCO/N=C\c2ccc(O)c(C(N)=O)c2)cc1)c1ccccc1. The summed E-state index contributed by atoms with van der Waals surface area (Å²) in [6, 6.07) is 30.3. The molecule has 0 radical (unpaired) electrons. The van der Waals surface area contributed by atoms with Crippen molar-refractivity contribution in [3.63, 3.8) is 0 Å². The first-order valence-electron chi connectivity index (χ1n) is 15.2. The molecule has 0 saturated heterocycles. The number of carbonyl (C=O) groups excluding carboxylic acids is 1. The van der Waals surface area contributed by atoms with Crippen LogP contribution in [0.25, 0.3) is 11.1 Å². The summed E-state index contributed by atoms with van der Waals surface area (Å²) >= 11 is 0. The van der Waals surface area contributed by atoms with E-state index in [2.05, 4.69) is 53.4 Å². The number of phenols is 2. The van der Waals surface area contributed by atoms with Crippen LogP contribution in [-0.2, 0) is 9.57 Å². The highest BCUT2D eigenvalue weighted by Gasteiger charge is 2.14. The van der Waals surface area contributed by atoms with Gasteiger partial charge in [-0.1, -0.05) is 66.7 Å². The maximum atomic E-state index is 11.3. The van der Waals surface area contributed by atoms with Crippen molar-refractivity contribution < 1.29 is 29.3 Å². The second-order valence-electron chi connectivity index (χ2n) is 10.6. The smallest absolute Gasteiger partial charge is 0.252 e. The van der Waals surface area contributed by atoms with Gasteiger partial charge in [0.1, 0.15) is 30.5 Å². The first-order chi connectivity index (χ1) is 22.4. The summed E-state index contributed by atoms with van der Waals surface area (Å²) in [6.07, 6.45) is 2.29. The van der Waals surface area contributed by atoms with Crippen molar-refractivity contribution in [1.29, 1.82) is 0 Å². The minimum Gasteiger partial charge on any atom is -0.508 e. The van der Waals surface area contributed by atoms with E-state index in [9.17, 15) is 15.0 Å². The Morgan fingerprint density at radius 1 is 0.826 bits per heavy atom. The van der Waals surface area contributed by atoms with E-state index in [1.807, 2.05) is 37.4 Å². The lowest BCUT2D eigenvalue weighted by molar-refractivity contribution is 0.0430. The largest absolute Gasteiger partial charge is 0.508 e. The van der Waals surface area contributed by atoms with Crippen molar-refractivity contribution in [2.75, 3.05) is 46.6 Å². The Hall–Kier alpha value is -5.12. The number of allylic oxidation sites excluding steroid dienone is 1. The second kappa shape index (κ2) is 17.4. The summed E-state index contributed by atoms with van der Waals surface area (Å²) in [6.45, 7) is 5.34. The third kappa shape index (κ3) is 9.95. The first-order valence-corrected chi connectivity index (χ1v) is 15.2. The zero-order valence-electron chi connectivity index (χ0n) is 26.3. The van der Waals surface area contributed by atoms with E-state index in [0.717, 1.165) is 42.0 Å². The number of ether oxygens (including phenoxy) is 2. The second-order valence-corrected chi connectivity index (χ2v) is 10.6. The number of oxime groups is 1. The number of benzene rings is 4. The van der Waals surface area contributed by atoms with Crippen LogP contribution in [0, 0.1) is 0 Å². The van der Waals surface area contributed by atoms with Crippen LogP contribution < -0.4 is 10.5 Å². The van der Waals surface area contributed by atoms with Crippen LogP contribution in [0.2, 0.25) is 0 Å². The number of primary amides is 1. The van der Waals surface area contributed by atoms with Gasteiger partial charge in [0.2, 0.25) is 0 Å². The highest BCUT2D eigenvalue weighted by Crippen LogP contribution is 2.35. The predicted octanol–water partition coefficient (Wildman–Crippen LogP) is 5.94. The van der Waals surface area contributed by atoms with Crippen LogP contribution in [0.15, 0.2) is 102 Å². The number of likely N-dealkylation sites (N-methyl/N-ethyl adjacent to an activating group) is 1. The molecule has 0 atom stereocenters. The Labute approximate surface area is 270 Å². The molecule has 0 aromatic heterocycles. The minimum absolute atomic E-state index is 0.0257.